The number of nitrogens with zero attached hydrogens (tertiary/aromatic N) is 2. The summed E-state index contributed by atoms with van der Waals surface area (Å²) in [6.45, 7) is -0.188. The summed E-state index contributed by atoms with van der Waals surface area (Å²) in [5, 5.41) is 3.91. The molecule has 0 radical (unpaired) electrons. The summed E-state index contributed by atoms with van der Waals surface area (Å²) >= 11 is 0. The summed E-state index contributed by atoms with van der Waals surface area (Å²) in [5.74, 6) is -0.586. The molecule has 0 aliphatic heterocycles. The Labute approximate surface area is 97.3 Å². The maximum atomic E-state index is 12.2. The second-order valence-electron chi connectivity index (χ2n) is 3.34. The van der Waals surface area contributed by atoms with Gasteiger partial charge in [-0.2, -0.15) is 5.10 Å². The van der Waals surface area contributed by atoms with Crippen LogP contribution in [0, 0.1) is 0 Å². The van der Waals surface area contributed by atoms with E-state index in [1.165, 1.54) is 20.4 Å². The van der Waals surface area contributed by atoms with Gasteiger partial charge in [-0.3, -0.25) is 4.68 Å². The lowest BCUT2D eigenvalue weighted by Gasteiger charge is -1.99. The Balaban J connectivity index is 2.90. The van der Waals surface area contributed by atoms with E-state index in [4.69, 9.17) is 4.74 Å². The van der Waals surface area contributed by atoms with E-state index in [2.05, 4.69) is 9.84 Å². The molecule has 0 atom stereocenters. The van der Waals surface area contributed by atoms with Gasteiger partial charge < -0.3 is 9.47 Å². The number of alkyl halides is 2. The van der Waals surface area contributed by atoms with E-state index in [-0.39, 0.29) is 5.56 Å². The Hall–Kier alpha value is -1.50. The maximum Gasteiger partial charge on any atom is 0.341 e. The number of carbonyl (C=O) groups is 1. The van der Waals surface area contributed by atoms with Crippen LogP contribution in [0.4, 0.5) is 8.78 Å². The number of hydrogen-bond donors (Lipinski definition) is 0. The smallest absolute Gasteiger partial charge is 0.341 e. The summed E-state index contributed by atoms with van der Waals surface area (Å²) in [6, 6.07) is 0. The van der Waals surface area contributed by atoms with E-state index in [0.717, 1.165) is 4.68 Å². The third kappa shape index (κ3) is 3.77. The fourth-order valence-electron chi connectivity index (χ4n) is 1.36. The molecule has 1 rings (SSSR count). The number of ether oxygens (including phenoxy) is 2. The molecule has 0 saturated carbocycles. The number of esters is 1. The molecule has 17 heavy (non-hydrogen) atoms. The predicted molar refractivity (Wildman–Crippen MR) is 55.2 cm³/mol. The number of carbonyl (C=O) groups excluding carboxylic acids is 1. The first kappa shape index (κ1) is 13.6. The van der Waals surface area contributed by atoms with Crippen molar-refractivity contribution < 1.29 is 23.0 Å². The molecule has 1 aromatic rings. The molecule has 5 nitrogen and oxygen atoms in total. The van der Waals surface area contributed by atoms with Crippen molar-refractivity contribution in [1.82, 2.24) is 9.78 Å². The van der Waals surface area contributed by atoms with Gasteiger partial charge in [0.2, 0.25) is 0 Å². The zero-order valence-corrected chi connectivity index (χ0v) is 9.65. The number of hydrogen-bond acceptors (Lipinski definition) is 4. The van der Waals surface area contributed by atoms with Gasteiger partial charge in [0.05, 0.1) is 19.4 Å². The highest BCUT2D eigenvalue weighted by Crippen LogP contribution is 2.11. The highest BCUT2D eigenvalue weighted by atomic mass is 19.3. The zero-order valence-electron chi connectivity index (χ0n) is 9.65. The summed E-state index contributed by atoms with van der Waals surface area (Å²) in [6.07, 6.45) is -0.879. The van der Waals surface area contributed by atoms with Crippen LogP contribution in [0.2, 0.25) is 0 Å². The van der Waals surface area contributed by atoms with E-state index in [1.54, 1.807) is 0 Å². The van der Waals surface area contributed by atoms with Gasteiger partial charge in [0, 0.05) is 19.7 Å². The number of halogens is 2. The molecule has 0 spiro atoms. The van der Waals surface area contributed by atoms with E-state index >= 15 is 0 Å². The average molecular weight is 248 g/mol. The summed E-state index contributed by atoms with van der Waals surface area (Å²) in [4.78, 5) is 11.4. The summed E-state index contributed by atoms with van der Waals surface area (Å²) in [7, 11) is 2.74. The van der Waals surface area contributed by atoms with Crippen LogP contribution >= 0.6 is 0 Å². The molecule has 0 saturated heterocycles. The first-order valence-electron chi connectivity index (χ1n) is 5.00. The molecular formula is C10H14F2N2O3. The first-order chi connectivity index (χ1) is 8.08. The van der Waals surface area contributed by atoms with Gasteiger partial charge in [0.25, 0.3) is 6.43 Å². The molecule has 0 aliphatic carbocycles. The Morgan fingerprint density at radius 1 is 1.53 bits per heavy atom. The van der Waals surface area contributed by atoms with Gasteiger partial charge in [-0.25, -0.2) is 13.6 Å². The third-order valence-corrected chi connectivity index (χ3v) is 2.11. The second-order valence-corrected chi connectivity index (χ2v) is 3.34. The molecule has 0 aliphatic rings. The quantitative estimate of drug-likeness (QED) is 0.708. The molecule has 0 unspecified atom stereocenters. The normalized spacial score (nSPS) is 10.9. The van der Waals surface area contributed by atoms with Gasteiger partial charge in [0.1, 0.15) is 12.1 Å². The maximum absolute atomic E-state index is 12.2. The van der Waals surface area contributed by atoms with Crippen LogP contribution in [-0.4, -0.2) is 43.0 Å². The molecule has 0 bridgehead atoms. The standard InChI is InChI=1S/C10H14F2N2O3/c1-16-4-3-8-7(10(15)17-2)5-14(13-8)6-9(11)12/h5,9H,3-4,6H2,1-2H3. The number of rotatable bonds is 6. The van der Waals surface area contributed by atoms with Crippen molar-refractivity contribution in [2.75, 3.05) is 20.8 Å². The molecular weight excluding hydrogens is 234 g/mol. The van der Waals surface area contributed by atoms with Crippen LogP contribution < -0.4 is 0 Å². The van der Waals surface area contributed by atoms with E-state index in [0.29, 0.717) is 18.7 Å². The minimum absolute atomic E-state index is 0.199. The molecule has 96 valence electrons. The van der Waals surface area contributed by atoms with Gasteiger partial charge in [-0.05, 0) is 0 Å². The van der Waals surface area contributed by atoms with Crippen molar-refractivity contribution >= 4 is 5.97 Å². The van der Waals surface area contributed by atoms with Crippen molar-refractivity contribution in [2.24, 2.45) is 0 Å². The summed E-state index contributed by atoms with van der Waals surface area (Å²) in [5.41, 5.74) is 0.601. The van der Waals surface area contributed by atoms with Crippen LogP contribution in [0.5, 0.6) is 0 Å². The van der Waals surface area contributed by atoms with Gasteiger partial charge >= 0.3 is 5.97 Å². The lowest BCUT2D eigenvalue weighted by atomic mass is 10.2. The fourth-order valence-corrected chi connectivity index (χ4v) is 1.36. The van der Waals surface area contributed by atoms with Gasteiger partial charge in [-0.15, -0.1) is 0 Å². The second kappa shape index (κ2) is 6.29. The SMILES string of the molecule is COCCc1nn(CC(F)F)cc1C(=O)OC. The lowest BCUT2D eigenvalue weighted by molar-refractivity contribution is 0.0598. The molecule has 1 aromatic heterocycles. The highest BCUT2D eigenvalue weighted by molar-refractivity contribution is 5.90. The van der Waals surface area contributed by atoms with Crippen LogP contribution in [0.15, 0.2) is 6.20 Å². The number of methoxy groups -OCH3 is 2. The van der Waals surface area contributed by atoms with Gasteiger partial charge in [-0.1, -0.05) is 0 Å². The van der Waals surface area contributed by atoms with Crippen molar-refractivity contribution in [2.45, 2.75) is 19.4 Å². The highest BCUT2D eigenvalue weighted by Gasteiger charge is 2.18. The monoisotopic (exact) mass is 248 g/mol. The van der Waals surface area contributed by atoms with Crippen LogP contribution in [0.3, 0.4) is 0 Å². The molecule has 7 heteroatoms. The average Bonchev–Trinajstić information content (AvgIpc) is 2.67. The van der Waals surface area contributed by atoms with Crippen molar-refractivity contribution in [3.8, 4) is 0 Å². The predicted octanol–water partition coefficient (Wildman–Crippen LogP) is 1.12. The minimum Gasteiger partial charge on any atom is -0.465 e. The summed E-state index contributed by atoms with van der Waals surface area (Å²) < 4.78 is 34.8. The molecule has 0 fully saturated rings. The molecule has 0 aromatic carbocycles. The van der Waals surface area contributed by atoms with E-state index in [9.17, 15) is 13.6 Å². The Kier molecular flexibility index (Phi) is 5.02. The molecule has 0 N–H and O–H groups in total. The third-order valence-electron chi connectivity index (χ3n) is 2.11. The van der Waals surface area contributed by atoms with E-state index in [1.807, 2.05) is 0 Å². The van der Waals surface area contributed by atoms with Crippen LogP contribution in [-0.2, 0) is 22.4 Å². The number of aromatic nitrogens is 2. The van der Waals surface area contributed by atoms with Crippen molar-refractivity contribution in [1.29, 1.82) is 0 Å². The Morgan fingerprint density at radius 2 is 2.24 bits per heavy atom. The Morgan fingerprint density at radius 3 is 2.76 bits per heavy atom. The molecule has 1 heterocycles. The molecule has 0 amide bonds. The topological polar surface area (TPSA) is 53.4 Å². The fraction of sp³-hybridized carbons (Fsp3) is 0.600. The van der Waals surface area contributed by atoms with Crippen molar-refractivity contribution in [3.63, 3.8) is 0 Å². The zero-order chi connectivity index (χ0) is 12.8. The largest absolute Gasteiger partial charge is 0.465 e. The Bertz CT molecular complexity index is 380. The first-order valence-corrected chi connectivity index (χ1v) is 5.00. The minimum atomic E-state index is -2.52. The van der Waals surface area contributed by atoms with Crippen molar-refractivity contribution in [3.05, 3.63) is 17.5 Å². The van der Waals surface area contributed by atoms with E-state index < -0.39 is 18.9 Å². The van der Waals surface area contributed by atoms with Crippen LogP contribution in [0.1, 0.15) is 16.1 Å². The lowest BCUT2D eigenvalue weighted by Crippen LogP contribution is -2.07. The van der Waals surface area contributed by atoms with Crippen LogP contribution in [0.25, 0.3) is 0 Å². The van der Waals surface area contributed by atoms with Gasteiger partial charge in [0.15, 0.2) is 0 Å².